The minimum Gasteiger partial charge on any atom is -0.492 e. The summed E-state index contributed by atoms with van der Waals surface area (Å²) in [6.45, 7) is 3.12. The number of carbonyl (C=O) groups excluding carboxylic acids is 2. The van der Waals surface area contributed by atoms with Crippen molar-refractivity contribution in [1.82, 2.24) is 14.8 Å². The molecule has 1 fully saturated rings. The van der Waals surface area contributed by atoms with Crippen LogP contribution in [0.5, 0.6) is 5.75 Å². The zero-order valence-corrected chi connectivity index (χ0v) is 22.0. The van der Waals surface area contributed by atoms with Crippen LogP contribution in [0.1, 0.15) is 30.9 Å². The normalized spacial score (nSPS) is 12.8. The molecule has 0 spiro atoms. The van der Waals surface area contributed by atoms with Crippen LogP contribution in [0, 0.1) is 5.82 Å². The Balaban J connectivity index is 1.32. The number of benzene rings is 3. The van der Waals surface area contributed by atoms with Crippen molar-refractivity contribution in [3.63, 3.8) is 0 Å². The van der Waals surface area contributed by atoms with Gasteiger partial charge in [-0.15, -0.1) is 0 Å². The van der Waals surface area contributed by atoms with Crippen LogP contribution in [0.25, 0.3) is 10.9 Å². The van der Waals surface area contributed by atoms with Gasteiger partial charge in [-0.25, -0.2) is 9.18 Å². The highest BCUT2D eigenvalue weighted by molar-refractivity contribution is 5.94. The maximum atomic E-state index is 13.7. The summed E-state index contributed by atoms with van der Waals surface area (Å²) in [5.74, 6) is 0.116. The van der Waals surface area contributed by atoms with Crippen LogP contribution < -0.4 is 10.1 Å². The Hall–Kier alpha value is -4.33. The highest BCUT2D eigenvalue weighted by Crippen LogP contribution is 2.30. The number of nitrogens with one attached hydrogen (secondary N) is 2. The number of rotatable bonds is 11. The number of fused-ring (bicyclic) bond motifs is 1. The quantitative estimate of drug-likeness (QED) is 0.252. The van der Waals surface area contributed by atoms with E-state index in [0.29, 0.717) is 37.6 Å². The molecule has 39 heavy (non-hydrogen) atoms. The fourth-order valence-electron chi connectivity index (χ4n) is 4.73. The smallest absolute Gasteiger partial charge is 0.322 e. The molecule has 0 unspecified atom stereocenters. The van der Waals surface area contributed by atoms with Gasteiger partial charge in [0.05, 0.1) is 12.3 Å². The predicted octanol–water partition coefficient (Wildman–Crippen LogP) is 5.97. The predicted molar refractivity (Wildman–Crippen MR) is 150 cm³/mol. The first kappa shape index (κ1) is 26.3. The Morgan fingerprint density at radius 1 is 1.03 bits per heavy atom. The average Bonchev–Trinajstić information content (AvgIpc) is 3.71. The zero-order chi connectivity index (χ0) is 27.2. The molecule has 0 bridgehead atoms. The summed E-state index contributed by atoms with van der Waals surface area (Å²) >= 11 is 0. The van der Waals surface area contributed by atoms with Crippen molar-refractivity contribution in [3.05, 3.63) is 95.9 Å². The van der Waals surface area contributed by atoms with Gasteiger partial charge in [0.1, 0.15) is 18.1 Å². The number of H-pyrrole nitrogens is 1. The second-order valence-corrected chi connectivity index (χ2v) is 9.77. The second kappa shape index (κ2) is 12.0. The van der Waals surface area contributed by atoms with Gasteiger partial charge in [0, 0.05) is 36.2 Å². The Labute approximate surface area is 227 Å². The summed E-state index contributed by atoms with van der Waals surface area (Å²) in [4.78, 5) is 33.7. The molecule has 8 heteroatoms. The lowest BCUT2D eigenvalue weighted by molar-refractivity contribution is -0.132. The number of nitrogens with zero attached hydrogens (tertiary/aromatic N) is 2. The molecule has 1 aromatic heterocycles. The Morgan fingerprint density at radius 2 is 1.77 bits per heavy atom. The van der Waals surface area contributed by atoms with Gasteiger partial charge in [0.2, 0.25) is 5.91 Å². The van der Waals surface area contributed by atoms with E-state index in [2.05, 4.69) is 16.4 Å². The van der Waals surface area contributed by atoms with Crippen molar-refractivity contribution >= 4 is 28.5 Å². The molecule has 0 radical (unpaired) electrons. The molecule has 0 aliphatic heterocycles. The van der Waals surface area contributed by atoms with E-state index in [9.17, 15) is 14.0 Å². The van der Waals surface area contributed by atoms with Crippen LogP contribution >= 0.6 is 0 Å². The van der Waals surface area contributed by atoms with E-state index in [1.54, 1.807) is 34.1 Å². The van der Waals surface area contributed by atoms with Crippen LogP contribution in [0.2, 0.25) is 0 Å². The monoisotopic (exact) mass is 528 g/mol. The number of ether oxygens (including phenoxy) is 1. The van der Waals surface area contributed by atoms with Gasteiger partial charge in [-0.3, -0.25) is 4.79 Å². The van der Waals surface area contributed by atoms with Crippen molar-refractivity contribution in [2.45, 2.75) is 38.8 Å². The van der Waals surface area contributed by atoms with Gasteiger partial charge in [-0.2, -0.15) is 0 Å². The van der Waals surface area contributed by atoms with Gasteiger partial charge in [-0.05, 0) is 67.6 Å². The lowest BCUT2D eigenvalue weighted by Crippen LogP contribution is -2.45. The van der Waals surface area contributed by atoms with Crippen LogP contribution in [0.4, 0.5) is 14.9 Å². The lowest BCUT2D eigenvalue weighted by Gasteiger charge is -2.28. The number of hydrogen-bond acceptors (Lipinski definition) is 3. The summed E-state index contributed by atoms with van der Waals surface area (Å²) < 4.78 is 19.2. The number of hydrogen-bond donors (Lipinski definition) is 2. The first-order valence-electron chi connectivity index (χ1n) is 13.4. The molecule has 1 heterocycles. The van der Waals surface area contributed by atoms with Crippen LogP contribution in [-0.2, 0) is 17.8 Å². The van der Waals surface area contributed by atoms with E-state index in [1.807, 2.05) is 43.5 Å². The van der Waals surface area contributed by atoms with Gasteiger partial charge in [-0.1, -0.05) is 42.5 Å². The summed E-state index contributed by atoms with van der Waals surface area (Å²) in [5.41, 5.74) is 3.57. The number of aromatic amines is 1. The number of para-hydroxylation sites is 3. The minimum absolute atomic E-state index is 0.0227. The molecule has 0 saturated heterocycles. The molecule has 1 aliphatic carbocycles. The van der Waals surface area contributed by atoms with E-state index in [1.165, 1.54) is 12.1 Å². The van der Waals surface area contributed by atoms with Gasteiger partial charge in [0.15, 0.2) is 0 Å². The summed E-state index contributed by atoms with van der Waals surface area (Å²) in [6.07, 6.45) is 4.35. The number of anilines is 1. The van der Waals surface area contributed by atoms with Crippen molar-refractivity contribution < 1.29 is 18.7 Å². The Morgan fingerprint density at radius 3 is 2.54 bits per heavy atom. The molecule has 4 aromatic rings. The van der Waals surface area contributed by atoms with Crippen molar-refractivity contribution in [2.24, 2.45) is 0 Å². The molecule has 1 saturated carbocycles. The van der Waals surface area contributed by atoms with Crippen LogP contribution in [0.3, 0.4) is 0 Å². The van der Waals surface area contributed by atoms with Crippen LogP contribution in [0.15, 0.2) is 79.0 Å². The second-order valence-electron chi connectivity index (χ2n) is 9.77. The first-order chi connectivity index (χ1) is 19.0. The molecule has 5 rings (SSSR count). The van der Waals surface area contributed by atoms with E-state index in [-0.39, 0.29) is 30.3 Å². The number of amides is 3. The Kier molecular flexibility index (Phi) is 8.10. The van der Waals surface area contributed by atoms with E-state index < -0.39 is 0 Å². The third-order valence-corrected chi connectivity index (χ3v) is 6.95. The molecule has 7 nitrogen and oxygen atoms in total. The largest absolute Gasteiger partial charge is 0.492 e. The maximum absolute atomic E-state index is 13.7. The molecule has 202 valence electrons. The van der Waals surface area contributed by atoms with Crippen molar-refractivity contribution in [3.8, 4) is 5.75 Å². The molecule has 0 atom stereocenters. The zero-order valence-electron chi connectivity index (χ0n) is 22.0. The van der Waals surface area contributed by atoms with Gasteiger partial charge >= 0.3 is 6.03 Å². The molecule has 2 N–H and O–H groups in total. The highest BCUT2D eigenvalue weighted by Gasteiger charge is 2.35. The first-order valence-corrected chi connectivity index (χ1v) is 13.4. The number of halogens is 1. The SMILES string of the molecule is CCOc1ccccc1NC(=O)N(CC(=O)N(CCc1c[nH]c2ccccc12)Cc1ccc(F)cc1)C1CC1. The highest BCUT2D eigenvalue weighted by atomic mass is 19.1. The summed E-state index contributed by atoms with van der Waals surface area (Å²) in [5, 5.41) is 4.06. The Bertz CT molecular complexity index is 1430. The summed E-state index contributed by atoms with van der Waals surface area (Å²) in [6, 6.07) is 21.2. The van der Waals surface area contributed by atoms with Gasteiger partial charge < -0.3 is 24.8 Å². The molecular weight excluding hydrogens is 495 g/mol. The molecule has 1 aliphatic rings. The van der Waals surface area contributed by atoms with E-state index in [0.717, 1.165) is 34.9 Å². The molecule has 3 aromatic carbocycles. The molecule has 3 amide bonds. The fourth-order valence-corrected chi connectivity index (χ4v) is 4.73. The topological polar surface area (TPSA) is 77.7 Å². The third kappa shape index (κ3) is 6.57. The average molecular weight is 529 g/mol. The maximum Gasteiger partial charge on any atom is 0.322 e. The summed E-state index contributed by atoms with van der Waals surface area (Å²) in [7, 11) is 0. The number of urea groups is 1. The fraction of sp³-hybridized carbons (Fsp3) is 0.290. The van der Waals surface area contributed by atoms with E-state index >= 15 is 0 Å². The van der Waals surface area contributed by atoms with Crippen LogP contribution in [-0.4, -0.2) is 52.5 Å². The minimum atomic E-state index is -0.323. The van der Waals surface area contributed by atoms with Crippen molar-refractivity contribution in [2.75, 3.05) is 25.0 Å². The lowest BCUT2D eigenvalue weighted by atomic mass is 10.1. The number of carbonyl (C=O) groups is 2. The van der Waals surface area contributed by atoms with Gasteiger partial charge in [0.25, 0.3) is 0 Å². The number of aromatic nitrogens is 1. The standard InChI is InChI=1S/C31H33FN4O3/c1-2-39-29-10-6-5-9-28(29)34-31(38)36(25-15-16-25)21-30(37)35(20-22-11-13-24(32)14-12-22)18-17-23-19-33-27-8-4-3-7-26(23)27/h3-14,19,25,33H,2,15-18,20-21H2,1H3,(H,34,38). The van der Waals surface area contributed by atoms with Crippen molar-refractivity contribution in [1.29, 1.82) is 0 Å². The molecular formula is C31H33FN4O3. The van der Waals surface area contributed by atoms with E-state index in [4.69, 9.17) is 4.74 Å². The third-order valence-electron chi connectivity index (χ3n) is 6.95.